The van der Waals surface area contributed by atoms with Crippen LogP contribution < -0.4 is 4.74 Å². The van der Waals surface area contributed by atoms with Gasteiger partial charge in [-0.15, -0.1) is 0 Å². The number of carbonyl (C=O) groups is 3. The van der Waals surface area contributed by atoms with Gasteiger partial charge >= 0.3 is 17.9 Å². The number of hydrogen-bond acceptors (Lipinski definition) is 9. The zero-order valence-corrected chi connectivity index (χ0v) is 34.0. The van der Waals surface area contributed by atoms with Crippen LogP contribution in [-0.2, 0) is 54.3 Å². The van der Waals surface area contributed by atoms with Crippen molar-refractivity contribution in [1.29, 1.82) is 0 Å². The molecule has 3 rings (SSSR count). The zero-order chi connectivity index (χ0) is 41.3. The molecule has 0 saturated heterocycles. The topological polar surface area (TPSA) is 129 Å². The van der Waals surface area contributed by atoms with E-state index in [0.717, 1.165) is 58.2 Å². The smallest absolute Gasteiger partial charge is 0.333 e. The molecule has 9 nitrogen and oxygen atoms in total. The van der Waals surface area contributed by atoms with Crippen LogP contribution in [-0.4, -0.2) is 67.8 Å². The van der Waals surface area contributed by atoms with E-state index in [1.54, 1.807) is 20.8 Å². The van der Waals surface area contributed by atoms with Gasteiger partial charge in [-0.2, -0.15) is 0 Å². The Bertz CT molecular complexity index is 1780. The molecule has 0 aromatic heterocycles. The quantitative estimate of drug-likeness (QED) is 0.0399. The molecule has 3 aromatic rings. The maximum Gasteiger partial charge on any atom is 0.333 e. The molecular weight excluding hydrogens is 709 g/mol. The highest BCUT2D eigenvalue weighted by Gasteiger charge is 2.23. The second-order valence-electron chi connectivity index (χ2n) is 14.8. The fourth-order valence-corrected chi connectivity index (χ4v) is 5.95. The van der Waals surface area contributed by atoms with Crippen molar-refractivity contribution in [3.63, 3.8) is 0 Å². The minimum absolute atomic E-state index is 0.178. The molecule has 0 spiro atoms. The van der Waals surface area contributed by atoms with Crippen LogP contribution in [0, 0.1) is 5.41 Å². The van der Waals surface area contributed by atoms with E-state index in [0.29, 0.717) is 61.2 Å². The SMILES string of the molecule is C=C(C)C(=O)OCCCc1ccc(-c2ccc(-c3cc(CCCOC(=O)C(=C)C)c(OCCC(C)(CO)CO)c(CCCOC(=O)C(=C)C)c3)c(CC)c2)cc1. The maximum absolute atomic E-state index is 12.1. The molecule has 0 atom stereocenters. The molecule has 3 aromatic carbocycles. The van der Waals surface area contributed by atoms with Gasteiger partial charge in [-0.05, 0) is 129 Å². The number of aliphatic hydroxyl groups is 2. The molecule has 2 N–H and O–H groups in total. The summed E-state index contributed by atoms with van der Waals surface area (Å²) in [6.45, 7) is 20.5. The van der Waals surface area contributed by atoms with Gasteiger partial charge < -0.3 is 29.2 Å². The third kappa shape index (κ3) is 13.9. The lowest BCUT2D eigenvalue weighted by atomic mass is 9.89. The molecule has 0 heterocycles. The fraction of sp³-hybridized carbons (Fsp3) is 0.426. The summed E-state index contributed by atoms with van der Waals surface area (Å²) < 4.78 is 22.6. The predicted octanol–water partition coefficient (Wildman–Crippen LogP) is 8.50. The van der Waals surface area contributed by atoms with Crippen molar-refractivity contribution in [3.05, 3.63) is 113 Å². The van der Waals surface area contributed by atoms with E-state index in [4.69, 9.17) is 18.9 Å². The Labute approximate surface area is 333 Å². The third-order valence-corrected chi connectivity index (χ3v) is 9.58. The molecule has 0 aliphatic rings. The van der Waals surface area contributed by atoms with Crippen molar-refractivity contribution in [2.24, 2.45) is 5.41 Å². The Morgan fingerprint density at radius 1 is 0.607 bits per heavy atom. The van der Waals surface area contributed by atoms with Gasteiger partial charge in [0.1, 0.15) is 5.75 Å². The van der Waals surface area contributed by atoms with E-state index >= 15 is 0 Å². The Hall–Kier alpha value is -4.99. The zero-order valence-electron chi connectivity index (χ0n) is 34.0. The standard InChI is InChI=1S/C47H60O9/c1-9-36-27-38(37-18-16-35(17-19-37)13-10-23-54-44(50)32(2)3)20-21-42(36)41-28-39(14-11-24-55-45(51)33(4)5)43(53-26-22-47(8,30-48)31-49)40(29-41)15-12-25-56-46(52)34(6)7/h16-21,27-29,48-49H,2,4,6,9-15,22-26,30-31H2,1,3,5,7-8H3. The molecule has 9 heteroatoms. The maximum atomic E-state index is 12.1. The Morgan fingerprint density at radius 2 is 1.05 bits per heavy atom. The number of benzene rings is 3. The van der Waals surface area contributed by atoms with E-state index in [-0.39, 0.29) is 39.0 Å². The van der Waals surface area contributed by atoms with Gasteiger partial charge in [0.2, 0.25) is 0 Å². The van der Waals surface area contributed by atoms with Gasteiger partial charge in [-0.3, -0.25) is 0 Å². The molecule has 56 heavy (non-hydrogen) atoms. The molecule has 0 unspecified atom stereocenters. The van der Waals surface area contributed by atoms with Gasteiger partial charge in [-0.25, -0.2) is 14.4 Å². The lowest BCUT2D eigenvalue weighted by Crippen LogP contribution is -2.28. The number of aliphatic hydroxyl groups excluding tert-OH is 2. The first-order valence-corrected chi connectivity index (χ1v) is 19.4. The Balaban J connectivity index is 1.97. The van der Waals surface area contributed by atoms with Crippen molar-refractivity contribution in [2.45, 2.75) is 86.0 Å². The first-order valence-electron chi connectivity index (χ1n) is 19.4. The minimum atomic E-state index is -0.701. The first-order chi connectivity index (χ1) is 26.7. The Morgan fingerprint density at radius 3 is 1.50 bits per heavy atom. The second-order valence-corrected chi connectivity index (χ2v) is 14.8. The number of aryl methyl sites for hydroxylation is 4. The Kier molecular flexibility index (Phi) is 18.3. The van der Waals surface area contributed by atoms with E-state index in [2.05, 4.69) is 81.3 Å². The average Bonchev–Trinajstić information content (AvgIpc) is 3.19. The van der Waals surface area contributed by atoms with Crippen LogP contribution in [0.4, 0.5) is 0 Å². The monoisotopic (exact) mass is 768 g/mol. The van der Waals surface area contributed by atoms with Crippen LogP contribution in [0.3, 0.4) is 0 Å². The van der Waals surface area contributed by atoms with Gasteiger partial charge in [0.15, 0.2) is 0 Å². The predicted molar refractivity (Wildman–Crippen MR) is 221 cm³/mol. The molecule has 0 bridgehead atoms. The number of hydrogen-bond donors (Lipinski definition) is 2. The highest BCUT2D eigenvalue weighted by Crippen LogP contribution is 2.37. The van der Waals surface area contributed by atoms with E-state index < -0.39 is 17.4 Å². The van der Waals surface area contributed by atoms with Crippen LogP contribution in [0.2, 0.25) is 0 Å². The lowest BCUT2D eigenvalue weighted by molar-refractivity contribution is -0.139. The number of carbonyl (C=O) groups excluding carboxylic acids is 3. The molecule has 302 valence electrons. The minimum Gasteiger partial charge on any atom is -0.493 e. The summed E-state index contributed by atoms with van der Waals surface area (Å²) in [7, 11) is 0. The molecule has 0 fully saturated rings. The van der Waals surface area contributed by atoms with Crippen LogP contribution in [0.1, 0.15) is 82.6 Å². The number of esters is 3. The molecule has 0 amide bonds. The lowest BCUT2D eigenvalue weighted by Gasteiger charge is -2.26. The van der Waals surface area contributed by atoms with E-state index in [9.17, 15) is 24.6 Å². The largest absolute Gasteiger partial charge is 0.493 e. The van der Waals surface area contributed by atoms with Crippen molar-refractivity contribution < 1.29 is 43.5 Å². The molecular formula is C47H60O9. The molecule has 0 saturated carbocycles. The van der Waals surface area contributed by atoms with Gasteiger partial charge in [0, 0.05) is 22.1 Å². The van der Waals surface area contributed by atoms with Gasteiger partial charge in [-0.1, -0.05) is 76.0 Å². The first kappa shape index (κ1) is 45.4. The summed E-state index contributed by atoms with van der Waals surface area (Å²) in [6, 6.07) is 19.2. The van der Waals surface area contributed by atoms with Crippen LogP contribution in [0.15, 0.2) is 91.1 Å². The summed E-state index contributed by atoms with van der Waals surface area (Å²) in [5.74, 6) is -0.530. The van der Waals surface area contributed by atoms with E-state index in [1.165, 1.54) is 5.56 Å². The summed E-state index contributed by atoms with van der Waals surface area (Å²) in [5, 5.41) is 19.8. The molecule has 0 aliphatic heterocycles. The number of rotatable bonds is 24. The van der Waals surface area contributed by atoms with Crippen LogP contribution in [0.5, 0.6) is 5.75 Å². The van der Waals surface area contributed by atoms with Gasteiger partial charge in [0.25, 0.3) is 0 Å². The summed E-state index contributed by atoms with van der Waals surface area (Å²) >= 11 is 0. The highest BCUT2D eigenvalue weighted by atomic mass is 16.5. The number of ether oxygens (including phenoxy) is 4. The fourth-order valence-electron chi connectivity index (χ4n) is 5.95. The van der Waals surface area contributed by atoms with Crippen molar-refractivity contribution in [3.8, 4) is 28.0 Å². The summed E-state index contributed by atoms with van der Waals surface area (Å²) in [4.78, 5) is 35.9. The highest BCUT2D eigenvalue weighted by molar-refractivity contribution is 5.87. The van der Waals surface area contributed by atoms with Crippen molar-refractivity contribution in [1.82, 2.24) is 0 Å². The third-order valence-electron chi connectivity index (χ3n) is 9.58. The van der Waals surface area contributed by atoms with Crippen LogP contribution in [0.25, 0.3) is 22.3 Å². The van der Waals surface area contributed by atoms with Crippen LogP contribution >= 0.6 is 0 Å². The normalized spacial score (nSPS) is 11.1. The van der Waals surface area contributed by atoms with E-state index in [1.807, 2.05) is 6.92 Å². The second kappa shape index (κ2) is 22.5. The summed E-state index contributed by atoms with van der Waals surface area (Å²) in [6.07, 6.45) is 4.96. The van der Waals surface area contributed by atoms with Crippen molar-refractivity contribution in [2.75, 3.05) is 39.6 Å². The van der Waals surface area contributed by atoms with Crippen molar-refractivity contribution >= 4 is 17.9 Å². The molecule has 0 radical (unpaired) electrons. The summed E-state index contributed by atoms with van der Waals surface area (Å²) in [5.41, 5.74) is 8.88. The van der Waals surface area contributed by atoms with Gasteiger partial charge in [0.05, 0.1) is 39.6 Å². The average molecular weight is 769 g/mol. The molecule has 0 aliphatic carbocycles.